The van der Waals surface area contributed by atoms with E-state index in [9.17, 15) is 0 Å². The summed E-state index contributed by atoms with van der Waals surface area (Å²) < 4.78 is 5.85. The molecular formula is C16H13Cl2N3OS. The zero-order valence-electron chi connectivity index (χ0n) is 12.2. The average molecular weight is 366 g/mol. The molecule has 0 amide bonds. The normalized spacial score (nSPS) is 10.6. The molecule has 118 valence electrons. The Morgan fingerprint density at radius 2 is 1.96 bits per heavy atom. The zero-order valence-corrected chi connectivity index (χ0v) is 14.5. The smallest absolute Gasteiger partial charge is 0.188 e. The van der Waals surface area contributed by atoms with Gasteiger partial charge in [-0.05, 0) is 31.2 Å². The van der Waals surface area contributed by atoms with Crippen LogP contribution < -0.4 is 10.1 Å². The Labute approximate surface area is 148 Å². The van der Waals surface area contributed by atoms with Crippen molar-refractivity contribution in [2.75, 3.05) is 5.32 Å². The van der Waals surface area contributed by atoms with Crippen molar-refractivity contribution in [1.29, 1.82) is 0 Å². The second-order valence-electron chi connectivity index (χ2n) is 4.76. The third-order valence-corrected chi connectivity index (χ3v) is 4.63. The van der Waals surface area contributed by atoms with Gasteiger partial charge in [0.05, 0.1) is 5.69 Å². The average Bonchev–Trinajstić information content (AvgIpc) is 2.93. The highest BCUT2D eigenvalue weighted by Crippen LogP contribution is 2.30. The molecule has 0 spiro atoms. The molecule has 0 unspecified atom stereocenters. The highest BCUT2D eigenvalue weighted by atomic mass is 35.5. The van der Waals surface area contributed by atoms with E-state index in [1.54, 1.807) is 24.4 Å². The van der Waals surface area contributed by atoms with E-state index in [1.807, 2.05) is 24.4 Å². The lowest BCUT2D eigenvalue weighted by Crippen LogP contribution is -2.02. The maximum atomic E-state index is 6.16. The standard InChI is InChI=1S/C16H13Cl2N3OS/c1-10-9-23-16(20-10)21-15-14(6-3-7-19-15)22-8-11-12(17)4-2-5-13(11)18/h2-7,9H,8H2,1H3,(H,19,20,21). The Balaban J connectivity index is 1.78. The fourth-order valence-corrected chi connectivity index (χ4v) is 3.13. The summed E-state index contributed by atoms with van der Waals surface area (Å²) in [6.45, 7) is 2.20. The minimum Gasteiger partial charge on any atom is -0.485 e. The lowest BCUT2D eigenvalue weighted by atomic mass is 10.2. The second kappa shape index (κ2) is 7.17. The summed E-state index contributed by atoms with van der Waals surface area (Å²) in [6.07, 6.45) is 1.69. The number of benzene rings is 1. The molecule has 3 rings (SSSR count). The van der Waals surface area contributed by atoms with Gasteiger partial charge in [-0.25, -0.2) is 9.97 Å². The molecule has 0 fully saturated rings. The number of aryl methyl sites for hydroxylation is 1. The Morgan fingerprint density at radius 3 is 2.65 bits per heavy atom. The fraction of sp³-hybridized carbons (Fsp3) is 0.125. The molecule has 0 aliphatic rings. The molecule has 1 aromatic carbocycles. The van der Waals surface area contributed by atoms with Crippen LogP contribution in [0, 0.1) is 6.92 Å². The molecular weight excluding hydrogens is 353 g/mol. The van der Waals surface area contributed by atoms with Gasteiger partial charge in [0, 0.05) is 27.2 Å². The van der Waals surface area contributed by atoms with Crippen molar-refractivity contribution in [2.45, 2.75) is 13.5 Å². The number of nitrogens with one attached hydrogen (secondary N) is 1. The molecule has 2 aromatic heterocycles. The number of halogens is 2. The molecule has 3 aromatic rings. The molecule has 0 saturated heterocycles. The van der Waals surface area contributed by atoms with Crippen LogP contribution in [0.4, 0.5) is 10.9 Å². The van der Waals surface area contributed by atoms with Gasteiger partial charge in [0.1, 0.15) is 6.61 Å². The number of aromatic nitrogens is 2. The molecule has 0 aliphatic heterocycles. The van der Waals surface area contributed by atoms with E-state index in [0.29, 0.717) is 21.6 Å². The summed E-state index contributed by atoms with van der Waals surface area (Å²) in [5.41, 5.74) is 1.70. The quantitative estimate of drug-likeness (QED) is 0.650. The van der Waals surface area contributed by atoms with Crippen molar-refractivity contribution < 1.29 is 4.74 Å². The Kier molecular flexibility index (Phi) is 5.00. The van der Waals surface area contributed by atoms with Gasteiger partial charge in [-0.1, -0.05) is 29.3 Å². The number of thiazole rings is 1. The van der Waals surface area contributed by atoms with E-state index in [0.717, 1.165) is 16.4 Å². The van der Waals surface area contributed by atoms with Gasteiger partial charge in [0.25, 0.3) is 0 Å². The van der Waals surface area contributed by atoms with Gasteiger partial charge in [-0.2, -0.15) is 0 Å². The monoisotopic (exact) mass is 365 g/mol. The van der Waals surface area contributed by atoms with Gasteiger partial charge >= 0.3 is 0 Å². The minimum atomic E-state index is 0.260. The highest BCUT2D eigenvalue weighted by Gasteiger charge is 2.10. The molecule has 0 bridgehead atoms. The largest absolute Gasteiger partial charge is 0.485 e. The van der Waals surface area contributed by atoms with Crippen LogP contribution in [0.5, 0.6) is 5.75 Å². The summed E-state index contributed by atoms with van der Waals surface area (Å²) in [5, 5.41) is 7.05. The van der Waals surface area contributed by atoms with Crippen LogP contribution >= 0.6 is 34.5 Å². The van der Waals surface area contributed by atoms with E-state index in [2.05, 4.69) is 15.3 Å². The summed E-state index contributed by atoms with van der Waals surface area (Å²) in [4.78, 5) is 8.67. The molecule has 2 heterocycles. The van der Waals surface area contributed by atoms with Crippen LogP contribution in [-0.4, -0.2) is 9.97 Å². The fourth-order valence-electron chi connectivity index (χ4n) is 1.93. The first-order valence-corrected chi connectivity index (χ1v) is 8.47. The van der Waals surface area contributed by atoms with E-state index < -0.39 is 0 Å². The number of hydrogen-bond donors (Lipinski definition) is 1. The maximum Gasteiger partial charge on any atom is 0.188 e. The van der Waals surface area contributed by atoms with Crippen molar-refractivity contribution in [2.24, 2.45) is 0 Å². The van der Waals surface area contributed by atoms with Crippen LogP contribution in [0.2, 0.25) is 10.0 Å². The van der Waals surface area contributed by atoms with Gasteiger partial charge in [0.15, 0.2) is 16.7 Å². The lowest BCUT2D eigenvalue weighted by Gasteiger charge is -2.12. The number of anilines is 2. The van der Waals surface area contributed by atoms with Gasteiger partial charge in [0.2, 0.25) is 0 Å². The number of hydrogen-bond acceptors (Lipinski definition) is 5. The van der Waals surface area contributed by atoms with Crippen molar-refractivity contribution in [1.82, 2.24) is 9.97 Å². The Morgan fingerprint density at radius 1 is 1.17 bits per heavy atom. The van der Waals surface area contributed by atoms with Crippen LogP contribution in [0.25, 0.3) is 0 Å². The predicted octanol–water partition coefficient (Wildman–Crippen LogP) is 5.48. The topological polar surface area (TPSA) is 47.0 Å². The number of nitrogens with zero attached hydrogens (tertiary/aromatic N) is 2. The molecule has 23 heavy (non-hydrogen) atoms. The first-order chi connectivity index (χ1) is 11.1. The first-order valence-electron chi connectivity index (χ1n) is 6.83. The molecule has 0 aliphatic carbocycles. The predicted molar refractivity (Wildman–Crippen MR) is 95.2 cm³/mol. The number of pyridine rings is 1. The van der Waals surface area contributed by atoms with E-state index in [-0.39, 0.29) is 6.61 Å². The van der Waals surface area contributed by atoms with Gasteiger partial charge in [-0.3, -0.25) is 0 Å². The van der Waals surface area contributed by atoms with Crippen LogP contribution in [0.3, 0.4) is 0 Å². The van der Waals surface area contributed by atoms with Gasteiger partial charge < -0.3 is 10.1 Å². The number of rotatable bonds is 5. The SMILES string of the molecule is Cc1csc(Nc2ncccc2OCc2c(Cl)cccc2Cl)n1. The van der Waals surface area contributed by atoms with Crippen LogP contribution in [0.1, 0.15) is 11.3 Å². The Hall–Kier alpha value is -1.82. The van der Waals surface area contributed by atoms with Gasteiger partial charge in [-0.15, -0.1) is 11.3 Å². The van der Waals surface area contributed by atoms with Crippen LogP contribution in [0.15, 0.2) is 41.9 Å². The molecule has 1 N–H and O–H groups in total. The summed E-state index contributed by atoms with van der Waals surface area (Å²) in [7, 11) is 0. The highest BCUT2D eigenvalue weighted by molar-refractivity contribution is 7.13. The van der Waals surface area contributed by atoms with Crippen molar-refractivity contribution in [3.8, 4) is 5.75 Å². The van der Waals surface area contributed by atoms with Crippen molar-refractivity contribution in [3.05, 3.63) is 63.2 Å². The second-order valence-corrected chi connectivity index (χ2v) is 6.43. The summed E-state index contributed by atoms with van der Waals surface area (Å²) in [6, 6.07) is 9.01. The molecule has 7 heteroatoms. The van der Waals surface area contributed by atoms with Crippen molar-refractivity contribution in [3.63, 3.8) is 0 Å². The molecule has 0 radical (unpaired) electrons. The number of ether oxygens (including phenoxy) is 1. The van der Waals surface area contributed by atoms with E-state index in [4.69, 9.17) is 27.9 Å². The van der Waals surface area contributed by atoms with Crippen LogP contribution in [-0.2, 0) is 6.61 Å². The third kappa shape index (κ3) is 3.93. The Bertz CT molecular complexity index is 802. The minimum absolute atomic E-state index is 0.260. The summed E-state index contributed by atoms with van der Waals surface area (Å²) in [5.74, 6) is 1.21. The zero-order chi connectivity index (χ0) is 16.2. The molecule has 4 nitrogen and oxygen atoms in total. The first kappa shape index (κ1) is 16.1. The van der Waals surface area contributed by atoms with E-state index in [1.165, 1.54) is 11.3 Å². The molecule has 0 atom stereocenters. The maximum absolute atomic E-state index is 6.16. The van der Waals surface area contributed by atoms with Crippen molar-refractivity contribution >= 4 is 45.5 Å². The third-order valence-electron chi connectivity index (χ3n) is 3.05. The molecule has 0 saturated carbocycles. The van der Waals surface area contributed by atoms with E-state index >= 15 is 0 Å². The summed E-state index contributed by atoms with van der Waals surface area (Å²) >= 11 is 13.8. The lowest BCUT2D eigenvalue weighted by molar-refractivity contribution is 0.307.